The number of hydrogen-bond donors (Lipinski definition) is 1. The summed E-state index contributed by atoms with van der Waals surface area (Å²) in [5.41, 5.74) is 0. The van der Waals surface area contributed by atoms with Crippen molar-refractivity contribution >= 4 is 29.3 Å². The Morgan fingerprint density at radius 2 is 1.83 bits per heavy atom. The van der Waals surface area contributed by atoms with Gasteiger partial charge >= 0.3 is 35.9 Å². The van der Waals surface area contributed by atoms with E-state index in [4.69, 9.17) is 4.55 Å². The predicted octanol–water partition coefficient (Wildman–Crippen LogP) is -0.603. The van der Waals surface area contributed by atoms with Crippen molar-refractivity contribution in [2.45, 2.75) is 6.61 Å². The van der Waals surface area contributed by atoms with Gasteiger partial charge in [0.25, 0.3) is 0 Å². The van der Waals surface area contributed by atoms with Crippen LogP contribution in [0.3, 0.4) is 0 Å². The van der Waals surface area contributed by atoms with Crippen LogP contribution in [0.1, 0.15) is 0 Å². The fourth-order valence-electron chi connectivity index (χ4n) is 0.277. The summed E-state index contributed by atoms with van der Waals surface area (Å²) < 4.78 is 57.0. The zero-order valence-electron chi connectivity index (χ0n) is 5.24. The van der Waals surface area contributed by atoms with Gasteiger partial charge in [-0.15, -0.1) is 0 Å². The van der Waals surface area contributed by atoms with E-state index in [1.54, 1.807) is 0 Å². The van der Waals surface area contributed by atoms with Gasteiger partial charge in [-0.3, -0.25) is 4.55 Å². The summed E-state index contributed by atoms with van der Waals surface area (Å²) in [5, 5.41) is 0. The van der Waals surface area contributed by atoms with E-state index in [-0.39, 0.29) is 18.9 Å². The van der Waals surface area contributed by atoms with Crippen LogP contribution in [0.5, 0.6) is 0 Å². The van der Waals surface area contributed by atoms with E-state index >= 15 is 0 Å². The van der Waals surface area contributed by atoms with Crippen LogP contribution in [0.2, 0.25) is 0 Å². The summed E-state index contributed by atoms with van der Waals surface area (Å²) in [7, 11) is -4.55. The first-order valence-corrected chi connectivity index (χ1v) is 3.80. The van der Waals surface area contributed by atoms with Crippen molar-refractivity contribution in [3.05, 3.63) is 0 Å². The molecular weight excluding hydrogens is 193 g/mol. The summed E-state index contributed by atoms with van der Waals surface area (Å²) in [4.78, 5) is 0. The molecular formula is C3H7F2LiO5S. The van der Waals surface area contributed by atoms with Crippen molar-refractivity contribution in [3.8, 4) is 0 Å². The second-order valence-electron chi connectivity index (χ2n) is 1.38. The van der Waals surface area contributed by atoms with Gasteiger partial charge in [-0.2, -0.15) is 17.2 Å². The fraction of sp³-hybridized carbons (Fsp3) is 1.00. The van der Waals surface area contributed by atoms with Crippen LogP contribution in [0, 0.1) is 0 Å². The van der Waals surface area contributed by atoms with Gasteiger partial charge in [-0.05, 0) is 0 Å². The third-order valence-corrected chi connectivity index (χ3v) is 1.02. The Labute approximate surface area is 80.2 Å². The predicted molar refractivity (Wildman–Crippen MR) is 36.6 cm³/mol. The fourth-order valence-corrected chi connectivity index (χ4v) is 0.555. The van der Waals surface area contributed by atoms with E-state index < -0.39 is 30.2 Å². The first kappa shape index (κ1) is 14.8. The number of alkyl halides is 2. The molecule has 0 atom stereocenters. The van der Waals surface area contributed by atoms with Gasteiger partial charge in [0.1, 0.15) is 0 Å². The molecule has 0 saturated heterocycles. The Kier molecular flexibility index (Phi) is 8.34. The molecule has 0 amide bonds. The van der Waals surface area contributed by atoms with Gasteiger partial charge in [0.05, 0.1) is 13.2 Å². The van der Waals surface area contributed by atoms with Crippen LogP contribution in [0.4, 0.5) is 8.78 Å². The maximum atomic E-state index is 11.2. The molecule has 0 aromatic rings. The van der Waals surface area contributed by atoms with Crippen LogP contribution in [-0.4, -0.2) is 51.7 Å². The minimum atomic E-state index is -4.55. The summed E-state index contributed by atoms with van der Waals surface area (Å²) in [6, 6.07) is 0. The average molecular weight is 200 g/mol. The molecule has 12 heavy (non-hydrogen) atoms. The SMILES string of the molecule is O=S(=O)(O)OCCOC(F)F.[LiH]. The van der Waals surface area contributed by atoms with Gasteiger partial charge in [-0.25, -0.2) is 4.18 Å². The second-order valence-corrected chi connectivity index (χ2v) is 2.47. The van der Waals surface area contributed by atoms with Gasteiger partial charge in [-0.1, -0.05) is 0 Å². The molecule has 0 saturated carbocycles. The molecule has 0 aliphatic heterocycles. The van der Waals surface area contributed by atoms with E-state index in [0.717, 1.165) is 0 Å². The molecule has 0 heterocycles. The Morgan fingerprint density at radius 1 is 1.33 bits per heavy atom. The molecule has 0 unspecified atom stereocenters. The molecule has 0 aromatic heterocycles. The third kappa shape index (κ3) is 12.9. The number of halogens is 2. The zero-order chi connectivity index (χ0) is 8.91. The van der Waals surface area contributed by atoms with Crippen molar-refractivity contribution in [2.24, 2.45) is 0 Å². The van der Waals surface area contributed by atoms with Crippen LogP contribution in [0.15, 0.2) is 0 Å². The molecule has 9 heteroatoms. The molecule has 0 rings (SSSR count). The van der Waals surface area contributed by atoms with E-state index in [0.29, 0.717) is 0 Å². The molecule has 0 aliphatic carbocycles. The van der Waals surface area contributed by atoms with Crippen molar-refractivity contribution in [1.29, 1.82) is 0 Å². The third-order valence-electron chi connectivity index (χ3n) is 0.559. The van der Waals surface area contributed by atoms with Gasteiger partial charge in [0, 0.05) is 0 Å². The van der Waals surface area contributed by atoms with Gasteiger partial charge in [0.15, 0.2) is 0 Å². The molecule has 70 valence electrons. The van der Waals surface area contributed by atoms with Crippen LogP contribution in [-0.2, 0) is 19.3 Å². The number of rotatable bonds is 5. The Morgan fingerprint density at radius 3 is 2.17 bits per heavy atom. The Bertz CT molecular complexity index is 193. The van der Waals surface area contributed by atoms with Crippen LogP contribution >= 0.6 is 0 Å². The normalized spacial score (nSPS) is 11.3. The molecule has 1 N–H and O–H groups in total. The van der Waals surface area contributed by atoms with Gasteiger partial charge < -0.3 is 4.74 Å². The maximum absolute atomic E-state index is 11.2. The number of hydrogen-bond acceptors (Lipinski definition) is 4. The molecule has 0 aliphatic rings. The minimum absolute atomic E-state index is 0. The van der Waals surface area contributed by atoms with E-state index in [2.05, 4.69) is 8.92 Å². The van der Waals surface area contributed by atoms with Crippen molar-refractivity contribution < 1.29 is 30.7 Å². The topological polar surface area (TPSA) is 72.8 Å². The van der Waals surface area contributed by atoms with Gasteiger partial charge in [0.2, 0.25) is 0 Å². The van der Waals surface area contributed by atoms with E-state index in [9.17, 15) is 17.2 Å². The molecule has 0 fully saturated rings. The Hall–Kier alpha value is 0.287. The van der Waals surface area contributed by atoms with Crippen LogP contribution < -0.4 is 0 Å². The number of ether oxygens (including phenoxy) is 1. The summed E-state index contributed by atoms with van der Waals surface area (Å²) in [6.07, 6.45) is 0. The summed E-state index contributed by atoms with van der Waals surface area (Å²) >= 11 is 0. The first-order valence-electron chi connectivity index (χ1n) is 2.43. The van der Waals surface area contributed by atoms with Crippen molar-refractivity contribution in [3.63, 3.8) is 0 Å². The molecule has 0 spiro atoms. The zero-order valence-corrected chi connectivity index (χ0v) is 6.05. The van der Waals surface area contributed by atoms with E-state index in [1.165, 1.54) is 0 Å². The quantitative estimate of drug-likeness (QED) is 0.364. The molecule has 5 nitrogen and oxygen atoms in total. The standard InChI is InChI=1S/C3H6F2O5S.Li.H/c4-3(5)9-1-2-10-11(6,7)8;;/h3H,1-2H2,(H,6,7,8);;. The molecule has 0 aromatic carbocycles. The van der Waals surface area contributed by atoms with Crippen molar-refractivity contribution in [1.82, 2.24) is 0 Å². The molecule has 0 bridgehead atoms. The molecule has 0 radical (unpaired) electrons. The van der Waals surface area contributed by atoms with Crippen molar-refractivity contribution in [2.75, 3.05) is 13.2 Å². The summed E-state index contributed by atoms with van der Waals surface area (Å²) in [6.45, 7) is -4.21. The Balaban J connectivity index is 0. The van der Waals surface area contributed by atoms with E-state index in [1.807, 2.05) is 0 Å². The monoisotopic (exact) mass is 200 g/mol. The van der Waals surface area contributed by atoms with Crippen LogP contribution in [0.25, 0.3) is 0 Å². The second kappa shape index (κ2) is 6.77. The summed E-state index contributed by atoms with van der Waals surface area (Å²) in [5.74, 6) is 0. The average Bonchev–Trinajstić information content (AvgIpc) is 1.78. The first-order chi connectivity index (χ1) is 4.92.